The van der Waals surface area contributed by atoms with Gasteiger partial charge >= 0.3 is 0 Å². The van der Waals surface area contributed by atoms with E-state index in [0.717, 1.165) is 121 Å². The monoisotopic (exact) mass is 1680 g/mol. The summed E-state index contributed by atoms with van der Waals surface area (Å²) in [6.07, 6.45) is 6.68. The van der Waals surface area contributed by atoms with E-state index in [-0.39, 0.29) is 0 Å². The van der Waals surface area contributed by atoms with Crippen LogP contribution in [0.25, 0.3) is 266 Å². The van der Waals surface area contributed by atoms with Gasteiger partial charge in [-0.1, -0.05) is 352 Å². The van der Waals surface area contributed by atoms with Crippen LogP contribution in [0.15, 0.2) is 413 Å². The smallest absolute Gasteiger partial charge is 0.164 e. The van der Waals surface area contributed by atoms with Gasteiger partial charge in [0.15, 0.2) is 64.1 Å². The van der Waals surface area contributed by atoms with Crippen molar-refractivity contribution in [3.05, 3.63) is 413 Å². The number of aromatic nitrogens is 16. The summed E-state index contributed by atoms with van der Waals surface area (Å²) in [5.41, 5.74) is 14.9. The Kier molecular flexibility index (Phi) is 18.5. The molecule has 0 aliphatic heterocycles. The molecule has 0 unspecified atom stereocenters. The number of hydrogen-bond acceptors (Lipinski definition) is 16. The SMILES string of the molecule is c1ccc(-c2nc(-c3ccc(-c4ccc5ccc6cccnc6c5n4)cc3)nc(-c3ccc4ccc5cccc6ccc3c4c56)n2)cc1.c1ccc(-c2nc(-c3ccc(-c4ncc5ccccc5n4)cc3)nc(-c3ccc4ccc5cccc6ccc3c4c56)n2)cc1.c1ccc(-c2nc(-c3ccc(-c4ncncn4)cc3)nc(-c3ccc4ccc5cccc6ccc3c4c56)n2)cc1. The summed E-state index contributed by atoms with van der Waals surface area (Å²) in [6.45, 7) is 0. The Bertz CT molecular complexity index is 9090. The maximum Gasteiger partial charge on any atom is 0.164 e. The standard InChI is InChI=1S/C43H25N5.C39H23N5.C34H20N6/c1-2-6-32(7-3-1)41-46-42(33-17-11-26(12-18-33)36-24-21-31-16-15-30-10-5-25-44-39(30)40(31)45-36)48-43(47-41)35-23-20-29-14-13-27-8-4-9-28-19-22-34(35)38(29)37(27)28;1-2-7-27(8-3-1)37-42-38(29-17-15-28(16-18-29)36-40-23-30-9-4-5-12-33(30)41-36)44-39(43-37)32-22-20-26-14-13-24-10-6-11-25-19-21-31(32)35(26)34(24)25;1-2-5-24(6-3-1)32-38-33(26-13-11-25(12-14-26)31-36-19-35-20-37-31)40-34(39-32)28-18-16-23-10-9-21-7-4-8-22-15-17-27(28)30(23)29(21)22/h1-25H;1-23H;1-20H. The van der Waals surface area contributed by atoms with E-state index in [4.69, 9.17) is 54.8 Å². The molecule has 27 aromatic rings. The Labute approximate surface area is 754 Å². The Morgan fingerprint density at radius 1 is 0.152 bits per heavy atom. The summed E-state index contributed by atoms with van der Waals surface area (Å²) in [7, 11) is 0. The number of benzene rings is 20. The van der Waals surface area contributed by atoms with Gasteiger partial charge in [0, 0.05) is 95.3 Å². The van der Waals surface area contributed by atoms with Crippen LogP contribution in [0.2, 0.25) is 0 Å². The average Bonchev–Trinajstić information content (AvgIpc) is 0.733. The van der Waals surface area contributed by atoms with Gasteiger partial charge in [-0.25, -0.2) is 74.8 Å². The first kappa shape index (κ1) is 76.2. The lowest BCUT2D eigenvalue weighted by Gasteiger charge is -2.14. The molecule has 7 aromatic heterocycles. The van der Waals surface area contributed by atoms with Crippen molar-refractivity contribution in [3.63, 3.8) is 0 Å². The first-order valence-corrected chi connectivity index (χ1v) is 43.6. The fourth-order valence-electron chi connectivity index (χ4n) is 18.5. The molecule has 612 valence electrons. The van der Waals surface area contributed by atoms with Crippen molar-refractivity contribution in [3.8, 4) is 137 Å². The van der Waals surface area contributed by atoms with Crippen LogP contribution in [-0.2, 0) is 0 Å². The van der Waals surface area contributed by atoms with Crippen LogP contribution in [0.1, 0.15) is 0 Å². The van der Waals surface area contributed by atoms with Crippen LogP contribution < -0.4 is 0 Å². The van der Waals surface area contributed by atoms with Gasteiger partial charge in [-0.2, -0.15) is 0 Å². The Hall–Kier alpha value is -18.3. The average molecular weight is 1690 g/mol. The predicted octanol–water partition coefficient (Wildman–Crippen LogP) is 27.5. The Morgan fingerprint density at radius 2 is 0.447 bits per heavy atom. The molecule has 27 rings (SSSR count). The fraction of sp³-hybridized carbons (Fsp3) is 0. The van der Waals surface area contributed by atoms with E-state index in [0.29, 0.717) is 64.1 Å². The Balaban J connectivity index is 0.000000107. The first-order valence-electron chi connectivity index (χ1n) is 43.6. The topological polar surface area (TPSA) is 206 Å². The molecule has 0 aliphatic rings. The van der Waals surface area contributed by atoms with Gasteiger partial charge in [-0.3, -0.25) is 4.98 Å². The Morgan fingerprint density at radius 3 is 0.856 bits per heavy atom. The molecule has 16 heteroatoms. The van der Waals surface area contributed by atoms with Gasteiger partial charge in [-0.15, -0.1) is 0 Å². The van der Waals surface area contributed by atoms with E-state index in [9.17, 15) is 0 Å². The number of rotatable bonds is 12. The lowest BCUT2D eigenvalue weighted by molar-refractivity contribution is 1.05. The van der Waals surface area contributed by atoms with Gasteiger partial charge in [0.05, 0.1) is 22.2 Å². The zero-order valence-corrected chi connectivity index (χ0v) is 70.4. The maximum atomic E-state index is 5.11. The van der Waals surface area contributed by atoms with Crippen molar-refractivity contribution in [2.45, 2.75) is 0 Å². The second-order valence-corrected chi connectivity index (χ2v) is 32.8. The van der Waals surface area contributed by atoms with Gasteiger partial charge in [-0.05, 0) is 133 Å². The molecule has 0 N–H and O–H groups in total. The number of nitrogens with zero attached hydrogens (tertiary/aromatic N) is 16. The largest absolute Gasteiger partial charge is 0.254 e. The van der Waals surface area contributed by atoms with Crippen LogP contribution in [0, 0.1) is 0 Å². The highest BCUT2D eigenvalue weighted by atomic mass is 15.1. The quantitative estimate of drug-likeness (QED) is 0.104. The molecule has 20 aromatic carbocycles. The zero-order valence-electron chi connectivity index (χ0n) is 70.4. The minimum Gasteiger partial charge on any atom is -0.254 e. The van der Waals surface area contributed by atoms with E-state index in [1.165, 1.54) is 93.4 Å². The molecule has 0 spiro atoms. The molecule has 0 saturated carbocycles. The maximum absolute atomic E-state index is 5.11. The van der Waals surface area contributed by atoms with E-state index >= 15 is 0 Å². The van der Waals surface area contributed by atoms with Crippen molar-refractivity contribution >= 4 is 130 Å². The highest BCUT2D eigenvalue weighted by molar-refractivity contribution is 6.28. The van der Waals surface area contributed by atoms with Crippen molar-refractivity contribution < 1.29 is 0 Å². The molecular weight excluding hydrogens is 1620 g/mol. The van der Waals surface area contributed by atoms with Crippen LogP contribution in [0.5, 0.6) is 0 Å². The van der Waals surface area contributed by atoms with Crippen LogP contribution in [0.3, 0.4) is 0 Å². The second-order valence-electron chi connectivity index (χ2n) is 32.8. The van der Waals surface area contributed by atoms with Crippen LogP contribution in [-0.4, -0.2) is 79.7 Å². The minimum absolute atomic E-state index is 0.608. The van der Waals surface area contributed by atoms with E-state index in [1.807, 2.05) is 182 Å². The predicted molar refractivity (Wildman–Crippen MR) is 533 cm³/mol. The summed E-state index contributed by atoms with van der Waals surface area (Å²) in [4.78, 5) is 76.6. The number of pyridine rings is 2. The van der Waals surface area contributed by atoms with Crippen molar-refractivity contribution in [2.24, 2.45) is 0 Å². The second kappa shape index (κ2) is 32.0. The van der Waals surface area contributed by atoms with Gasteiger partial charge < -0.3 is 0 Å². The fourth-order valence-corrected chi connectivity index (χ4v) is 18.5. The van der Waals surface area contributed by atoms with E-state index < -0.39 is 0 Å². The molecule has 16 nitrogen and oxygen atoms in total. The lowest BCUT2D eigenvalue weighted by atomic mass is 9.92. The van der Waals surface area contributed by atoms with E-state index in [2.05, 4.69) is 243 Å². The molecule has 0 radical (unpaired) electrons. The molecule has 0 aliphatic carbocycles. The minimum atomic E-state index is 0.608. The lowest BCUT2D eigenvalue weighted by Crippen LogP contribution is -2.01. The number of fused-ring (bicyclic) bond motifs is 4. The third-order valence-electron chi connectivity index (χ3n) is 25.0. The first-order chi connectivity index (χ1) is 65.4. The molecule has 132 heavy (non-hydrogen) atoms. The molecule has 0 bridgehead atoms. The van der Waals surface area contributed by atoms with Gasteiger partial charge in [0.1, 0.15) is 12.7 Å². The number of para-hydroxylation sites is 1. The van der Waals surface area contributed by atoms with E-state index in [1.54, 1.807) is 0 Å². The number of hydrogen-bond donors (Lipinski definition) is 0. The van der Waals surface area contributed by atoms with Crippen molar-refractivity contribution in [1.29, 1.82) is 0 Å². The summed E-state index contributed by atoms with van der Waals surface area (Å²) in [5, 5.41) is 25.1. The molecule has 0 saturated heterocycles. The molecule has 0 amide bonds. The zero-order chi connectivity index (χ0) is 87.1. The van der Waals surface area contributed by atoms with Crippen molar-refractivity contribution in [2.75, 3.05) is 0 Å². The third kappa shape index (κ3) is 13.7. The summed E-state index contributed by atoms with van der Waals surface area (Å²) in [6, 6.07) is 134. The third-order valence-corrected chi connectivity index (χ3v) is 25.0. The van der Waals surface area contributed by atoms with Gasteiger partial charge in [0.25, 0.3) is 0 Å². The molecule has 0 atom stereocenters. The van der Waals surface area contributed by atoms with Crippen LogP contribution in [0.4, 0.5) is 0 Å². The summed E-state index contributed by atoms with van der Waals surface area (Å²) in [5.74, 6) is 7.00. The normalized spacial score (nSPS) is 11.6. The van der Waals surface area contributed by atoms with Crippen LogP contribution >= 0.6 is 0 Å². The highest BCUT2D eigenvalue weighted by Gasteiger charge is 2.24. The molecular formula is C116H68N16. The molecule has 7 heterocycles. The summed E-state index contributed by atoms with van der Waals surface area (Å²) >= 11 is 0. The highest BCUT2D eigenvalue weighted by Crippen LogP contribution is 2.45. The summed E-state index contributed by atoms with van der Waals surface area (Å²) < 4.78 is 0. The van der Waals surface area contributed by atoms with Gasteiger partial charge in [0.2, 0.25) is 0 Å². The van der Waals surface area contributed by atoms with Crippen molar-refractivity contribution in [1.82, 2.24) is 79.7 Å². The molecule has 0 fully saturated rings.